The molecule has 0 aliphatic heterocycles. The van der Waals surface area contributed by atoms with E-state index in [0.717, 1.165) is 19.3 Å². The molecular weight excluding hydrogens is 156 g/mol. The number of nitrogens with one attached hydrogen (secondary N) is 2. The van der Waals surface area contributed by atoms with Crippen molar-refractivity contribution in [2.45, 2.75) is 32.2 Å². The number of hydrogen-bond acceptors (Lipinski definition) is 2. The van der Waals surface area contributed by atoms with Crippen molar-refractivity contribution in [2.75, 3.05) is 6.54 Å². The van der Waals surface area contributed by atoms with Gasteiger partial charge < -0.3 is 10.6 Å². The maximum atomic E-state index is 10.1. The smallest absolute Gasteiger partial charge is 0.207 e. The molecule has 1 atom stereocenters. The molecule has 0 rings (SSSR count). The third-order valence-electron chi connectivity index (χ3n) is 1.66. The molecule has 0 aliphatic rings. The van der Waals surface area contributed by atoms with Crippen LogP contribution in [0.1, 0.15) is 26.2 Å². The third kappa shape index (κ3) is 5.70. The minimum Gasteiger partial charge on any atom is -0.357 e. The number of carbonyl (C=O) groups is 2. The number of rotatable bonds is 8. The van der Waals surface area contributed by atoms with Crippen LogP contribution in [-0.4, -0.2) is 25.4 Å². The first-order valence-electron chi connectivity index (χ1n) is 4.21. The Morgan fingerprint density at radius 3 is 2.58 bits per heavy atom. The molecule has 2 amide bonds. The highest BCUT2D eigenvalue weighted by Gasteiger charge is 2.04. The van der Waals surface area contributed by atoms with Gasteiger partial charge in [-0.2, -0.15) is 0 Å². The summed E-state index contributed by atoms with van der Waals surface area (Å²) in [5, 5.41) is 5.19. The minimum atomic E-state index is 0.0765. The van der Waals surface area contributed by atoms with Gasteiger partial charge in [0.25, 0.3) is 0 Å². The van der Waals surface area contributed by atoms with E-state index in [2.05, 4.69) is 17.6 Å². The lowest BCUT2D eigenvalue weighted by Gasteiger charge is -2.14. The molecule has 0 aromatic carbocycles. The predicted octanol–water partition coefficient (Wildman–Crippen LogP) is 0.0372. The first kappa shape index (κ1) is 10.9. The van der Waals surface area contributed by atoms with Gasteiger partial charge in [0.05, 0.1) is 0 Å². The van der Waals surface area contributed by atoms with Crippen LogP contribution >= 0.6 is 0 Å². The molecule has 0 radical (unpaired) electrons. The molecule has 0 bridgehead atoms. The monoisotopic (exact) mass is 172 g/mol. The minimum absolute atomic E-state index is 0.0765. The van der Waals surface area contributed by atoms with E-state index in [-0.39, 0.29) is 6.04 Å². The highest BCUT2D eigenvalue weighted by atomic mass is 16.1. The molecule has 2 N–H and O–H groups in total. The van der Waals surface area contributed by atoms with Gasteiger partial charge >= 0.3 is 0 Å². The summed E-state index contributed by atoms with van der Waals surface area (Å²) in [4.78, 5) is 20.1. The quantitative estimate of drug-likeness (QED) is 0.508. The molecule has 0 aliphatic carbocycles. The van der Waals surface area contributed by atoms with Crippen LogP contribution in [0.4, 0.5) is 0 Å². The van der Waals surface area contributed by atoms with Gasteiger partial charge in [0, 0.05) is 12.6 Å². The highest BCUT2D eigenvalue weighted by Crippen LogP contribution is 1.98. The fraction of sp³-hybridized carbons (Fsp3) is 0.750. The van der Waals surface area contributed by atoms with Gasteiger partial charge in [0.15, 0.2) is 0 Å². The molecule has 12 heavy (non-hydrogen) atoms. The van der Waals surface area contributed by atoms with Crippen LogP contribution in [0.2, 0.25) is 0 Å². The van der Waals surface area contributed by atoms with Crippen molar-refractivity contribution in [1.29, 1.82) is 0 Å². The normalized spacial score (nSPS) is 11.8. The first-order chi connectivity index (χ1) is 5.85. The fourth-order valence-corrected chi connectivity index (χ4v) is 0.981. The first-order valence-corrected chi connectivity index (χ1v) is 4.21. The van der Waals surface area contributed by atoms with Crippen LogP contribution in [0.15, 0.2) is 0 Å². The lowest BCUT2D eigenvalue weighted by atomic mass is 10.1. The summed E-state index contributed by atoms with van der Waals surface area (Å²) in [5.41, 5.74) is 0. The molecule has 0 saturated carbocycles. The van der Waals surface area contributed by atoms with Gasteiger partial charge in [0.1, 0.15) is 0 Å². The van der Waals surface area contributed by atoms with Gasteiger partial charge in [-0.05, 0) is 6.42 Å². The maximum Gasteiger partial charge on any atom is 0.207 e. The van der Waals surface area contributed by atoms with Crippen LogP contribution in [-0.2, 0) is 9.59 Å². The summed E-state index contributed by atoms with van der Waals surface area (Å²) in [7, 11) is 0. The van der Waals surface area contributed by atoms with Crippen molar-refractivity contribution >= 4 is 12.8 Å². The van der Waals surface area contributed by atoms with E-state index in [1.165, 1.54) is 0 Å². The van der Waals surface area contributed by atoms with E-state index in [9.17, 15) is 9.59 Å². The Morgan fingerprint density at radius 1 is 1.33 bits per heavy atom. The van der Waals surface area contributed by atoms with E-state index in [0.29, 0.717) is 19.4 Å². The molecule has 4 nitrogen and oxygen atoms in total. The SMILES string of the molecule is CCCCC(CNC=O)NC=O. The largest absolute Gasteiger partial charge is 0.357 e. The van der Waals surface area contributed by atoms with E-state index < -0.39 is 0 Å². The zero-order chi connectivity index (χ0) is 9.23. The average Bonchev–Trinajstić information content (AvgIpc) is 2.10. The van der Waals surface area contributed by atoms with Gasteiger partial charge in [-0.1, -0.05) is 19.8 Å². The Labute approximate surface area is 72.7 Å². The molecule has 4 heteroatoms. The zero-order valence-electron chi connectivity index (χ0n) is 7.38. The second-order valence-corrected chi connectivity index (χ2v) is 2.65. The zero-order valence-corrected chi connectivity index (χ0v) is 7.38. The van der Waals surface area contributed by atoms with Crippen molar-refractivity contribution in [3.8, 4) is 0 Å². The van der Waals surface area contributed by atoms with Crippen molar-refractivity contribution in [3.63, 3.8) is 0 Å². The summed E-state index contributed by atoms with van der Waals surface area (Å²) in [6, 6.07) is 0.0765. The van der Waals surface area contributed by atoms with Gasteiger partial charge in [0.2, 0.25) is 12.8 Å². The van der Waals surface area contributed by atoms with Crippen molar-refractivity contribution < 1.29 is 9.59 Å². The van der Waals surface area contributed by atoms with Gasteiger partial charge in [-0.3, -0.25) is 9.59 Å². The number of hydrogen-bond donors (Lipinski definition) is 2. The molecule has 1 unspecified atom stereocenters. The Morgan fingerprint density at radius 2 is 2.08 bits per heavy atom. The second kappa shape index (κ2) is 8.04. The van der Waals surface area contributed by atoms with Crippen molar-refractivity contribution in [3.05, 3.63) is 0 Å². The van der Waals surface area contributed by atoms with Gasteiger partial charge in [-0.25, -0.2) is 0 Å². The maximum absolute atomic E-state index is 10.1. The molecule has 0 saturated heterocycles. The molecule has 70 valence electrons. The number of unbranched alkanes of at least 4 members (excludes halogenated alkanes) is 1. The van der Waals surface area contributed by atoms with Crippen LogP contribution < -0.4 is 10.6 Å². The fourth-order valence-electron chi connectivity index (χ4n) is 0.981. The summed E-state index contributed by atoms with van der Waals surface area (Å²) in [6.45, 7) is 2.60. The Balaban J connectivity index is 3.52. The molecule has 0 aromatic rings. The van der Waals surface area contributed by atoms with Crippen LogP contribution in [0.5, 0.6) is 0 Å². The molecular formula is C8H16N2O2. The highest BCUT2D eigenvalue weighted by molar-refractivity contribution is 5.48. The van der Waals surface area contributed by atoms with E-state index >= 15 is 0 Å². The van der Waals surface area contributed by atoms with Crippen LogP contribution in [0.25, 0.3) is 0 Å². The summed E-state index contributed by atoms with van der Waals surface area (Å²) >= 11 is 0. The lowest BCUT2D eigenvalue weighted by molar-refractivity contribution is -0.111. The van der Waals surface area contributed by atoms with Crippen molar-refractivity contribution in [2.24, 2.45) is 0 Å². The standard InChI is InChI=1S/C8H16N2O2/c1-2-3-4-8(10-7-12)5-9-6-11/h6-8H,2-5H2,1H3,(H,9,11)(H,10,12). The Hall–Kier alpha value is -1.06. The second-order valence-electron chi connectivity index (χ2n) is 2.65. The average molecular weight is 172 g/mol. The molecule has 0 spiro atoms. The number of carbonyl (C=O) groups excluding carboxylic acids is 2. The van der Waals surface area contributed by atoms with Gasteiger partial charge in [-0.15, -0.1) is 0 Å². The summed E-state index contributed by atoms with van der Waals surface area (Å²) < 4.78 is 0. The van der Waals surface area contributed by atoms with Crippen molar-refractivity contribution in [1.82, 2.24) is 10.6 Å². The molecule has 0 fully saturated rings. The lowest BCUT2D eigenvalue weighted by Crippen LogP contribution is -2.37. The van der Waals surface area contributed by atoms with E-state index in [4.69, 9.17) is 0 Å². The van der Waals surface area contributed by atoms with Crippen LogP contribution in [0.3, 0.4) is 0 Å². The predicted molar refractivity (Wildman–Crippen MR) is 46.6 cm³/mol. The summed E-state index contributed by atoms with van der Waals surface area (Å²) in [6.07, 6.45) is 4.39. The van der Waals surface area contributed by atoms with E-state index in [1.54, 1.807) is 0 Å². The van der Waals surface area contributed by atoms with Crippen LogP contribution in [0, 0.1) is 0 Å². The summed E-state index contributed by atoms with van der Waals surface area (Å²) in [5.74, 6) is 0. The number of amides is 2. The van der Waals surface area contributed by atoms with E-state index in [1.807, 2.05) is 0 Å². The molecule has 0 aromatic heterocycles. The third-order valence-corrected chi connectivity index (χ3v) is 1.66. The Kier molecular flexibility index (Phi) is 7.33. The topological polar surface area (TPSA) is 58.2 Å². The Bertz CT molecular complexity index is 128. The molecule has 0 heterocycles.